The molecule has 4 aromatic rings. The van der Waals surface area contributed by atoms with E-state index >= 15 is 0 Å². The lowest BCUT2D eigenvalue weighted by Crippen LogP contribution is -2.45. The number of piperazine rings is 1. The van der Waals surface area contributed by atoms with Crippen molar-refractivity contribution in [1.29, 1.82) is 0 Å². The van der Waals surface area contributed by atoms with Gasteiger partial charge in [-0.2, -0.15) is 4.37 Å². The van der Waals surface area contributed by atoms with E-state index in [4.69, 9.17) is 0 Å². The maximum atomic E-state index is 12.7. The van der Waals surface area contributed by atoms with E-state index in [2.05, 4.69) is 73.3 Å². The van der Waals surface area contributed by atoms with Gasteiger partial charge in [-0.15, -0.1) is 0 Å². The summed E-state index contributed by atoms with van der Waals surface area (Å²) in [7, 11) is 0. The van der Waals surface area contributed by atoms with Crippen molar-refractivity contribution in [3.63, 3.8) is 0 Å². The molecule has 0 bridgehead atoms. The van der Waals surface area contributed by atoms with Gasteiger partial charge < -0.3 is 10.6 Å². The van der Waals surface area contributed by atoms with Crippen molar-refractivity contribution in [2.75, 3.05) is 44.6 Å². The molecule has 0 radical (unpaired) electrons. The lowest BCUT2D eigenvalue weighted by atomic mass is 10.1. The molecule has 1 aliphatic rings. The third-order valence-electron chi connectivity index (χ3n) is 6.39. The predicted octanol–water partition coefficient (Wildman–Crippen LogP) is 4.46. The molecule has 5 rings (SSSR count). The summed E-state index contributed by atoms with van der Waals surface area (Å²) in [5, 5.41) is 7.48. The highest BCUT2D eigenvalue weighted by Crippen LogP contribution is 2.25. The number of nitrogens with zero attached hydrogens (tertiary/aromatic N) is 3. The van der Waals surface area contributed by atoms with Gasteiger partial charge in [-0.25, -0.2) is 0 Å². The van der Waals surface area contributed by atoms with Gasteiger partial charge in [-0.3, -0.25) is 14.6 Å². The zero-order valence-corrected chi connectivity index (χ0v) is 20.6. The van der Waals surface area contributed by atoms with Crippen molar-refractivity contribution >= 4 is 33.3 Å². The molecule has 35 heavy (non-hydrogen) atoms. The van der Waals surface area contributed by atoms with Gasteiger partial charge in [0, 0.05) is 63.3 Å². The minimum atomic E-state index is -0.0375. The van der Waals surface area contributed by atoms with Crippen LogP contribution in [0.1, 0.15) is 21.5 Å². The first kappa shape index (κ1) is 23.5. The number of benzene rings is 3. The monoisotopic (exact) mass is 485 g/mol. The molecule has 3 aromatic carbocycles. The number of carbonyl (C=O) groups excluding carboxylic acids is 1. The molecule has 2 heterocycles. The van der Waals surface area contributed by atoms with E-state index in [0.717, 1.165) is 55.2 Å². The molecule has 1 amide bonds. The summed E-state index contributed by atoms with van der Waals surface area (Å²) in [5.74, 6) is 0.843. The number of fused-ring (bicyclic) bond motifs is 1. The molecule has 0 atom stereocenters. The third kappa shape index (κ3) is 6.25. The van der Waals surface area contributed by atoms with Crippen LogP contribution in [0.5, 0.6) is 0 Å². The second-order valence-corrected chi connectivity index (χ2v) is 9.75. The van der Waals surface area contributed by atoms with E-state index < -0.39 is 0 Å². The van der Waals surface area contributed by atoms with Crippen molar-refractivity contribution in [1.82, 2.24) is 19.5 Å². The number of hydrogen-bond acceptors (Lipinski definition) is 6. The van der Waals surface area contributed by atoms with Crippen molar-refractivity contribution < 1.29 is 4.79 Å². The molecular formula is C28H31N5OS. The molecule has 1 aliphatic heterocycles. The van der Waals surface area contributed by atoms with Crippen LogP contribution in [0.3, 0.4) is 0 Å². The number of amides is 1. The average molecular weight is 486 g/mol. The Kier molecular flexibility index (Phi) is 7.68. The quantitative estimate of drug-likeness (QED) is 0.343. The van der Waals surface area contributed by atoms with Gasteiger partial charge in [0.1, 0.15) is 5.82 Å². The van der Waals surface area contributed by atoms with Gasteiger partial charge in [-0.1, -0.05) is 54.6 Å². The Morgan fingerprint density at radius 3 is 2.29 bits per heavy atom. The normalized spacial score (nSPS) is 14.7. The minimum Gasteiger partial charge on any atom is -0.367 e. The highest BCUT2D eigenvalue weighted by Gasteiger charge is 2.17. The molecule has 2 N–H and O–H groups in total. The molecule has 0 saturated carbocycles. The first-order valence-corrected chi connectivity index (χ1v) is 13.0. The summed E-state index contributed by atoms with van der Waals surface area (Å²) >= 11 is 1.48. The van der Waals surface area contributed by atoms with E-state index in [1.54, 1.807) is 0 Å². The first-order valence-electron chi connectivity index (χ1n) is 12.2. The molecule has 0 aliphatic carbocycles. The Morgan fingerprint density at radius 1 is 0.800 bits per heavy atom. The molecule has 7 heteroatoms. The van der Waals surface area contributed by atoms with Crippen molar-refractivity contribution in [3.05, 3.63) is 95.6 Å². The van der Waals surface area contributed by atoms with E-state index in [0.29, 0.717) is 18.7 Å². The fraction of sp³-hybridized carbons (Fsp3) is 0.286. The maximum Gasteiger partial charge on any atom is 0.251 e. The highest BCUT2D eigenvalue weighted by atomic mass is 32.1. The number of carbonyl (C=O) groups is 1. The largest absolute Gasteiger partial charge is 0.367 e. The Morgan fingerprint density at radius 2 is 1.49 bits per heavy atom. The van der Waals surface area contributed by atoms with Crippen LogP contribution in [-0.2, 0) is 13.1 Å². The van der Waals surface area contributed by atoms with Crippen molar-refractivity contribution in [3.8, 4) is 0 Å². The fourth-order valence-electron chi connectivity index (χ4n) is 4.49. The molecule has 180 valence electrons. The Bertz CT molecular complexity index is 1250. The first-order chi connectivity index (χ1) is 17.2. The zero-order valence-electron chi connectivity index (χ0n) is 19.8. The van der Waals surface area contributed by atoms with E-state index in [-0.39, 0.29) is 5.91 Å². The number of anilines is 1. The van der Waals surface area contributed by atoms with Gasteiger partial charge in [0.25, 0.3) is 5.91 Å². The Labute approximate surface area is 210 Å². The topological polar surface area (TPSA) is 60.5 Å². The smallest absolute Gasteiger partial charge is 0.251 e. The summed E-state index contributed by atoms with van der Waals surface area (Å²) in [6.45, 7) is 7.27. The number of rotatable bonds is 9. The van der Waals surface area contributed by atoms with Gasteiger partial charge in [0.2, 0.25) is 0 Å². The van der Waals surface area contributed by atoms with Crippen LogP contribution >= 0.6 is 11.5 Å². The van der Waals surface area contributed by atoms with E-state index in [1.165, 1.54) is 22.7 Å². The van der Waals surface area contributed by atoms with Crippen molar-refractivity contribution in [2.24, 2.45) is 0 Å². The molecule has 1 saturated heterocycles. The van der Waals surface area contributed by atoms with E-state index in [1.807, 2.05) is 30.3 Å². The second-order valence-electron chi connectivity index (χ2n) is 8.95. The lowest BCUT2D eigenvalue weighted by Gasteiger charge is -2.34. The molecule has 0 spiro atoms. The summed E-state index contributed by atoms with van der Waals surface area (Å²) in [4.78, 5) is 17.7. The second kappa shape index (κ2) is 11.4. The standard InChI is InChI=1S/C28H31N5OS/c34-28(30-14-13-29-27-25-11-4-5-12-26(25)35-31-27)24-10-6-9-23(19-24)21-33-17-15-32(16-18-33)20-22-7-2-1-3-8-22/h1-12,19H,13-18,20-21H2,(H,29,31)(H,30,34). The highest BCUT2D eigenvalue weighted by molar-refractivity contribution is 7.13. The Balaban J connectivity index is 1.06. The van der Waals surface area contributed by atoms with Crippen LogP contribution < -0.4 is 10.6 Å². The van der Waals surface area contributed by atoms with Gasteiger partial charge in [0.05, 0.1) is 4.70 Å². The lowest BCUT2D eigenvalue weighted by molar-refractivity contribution is 0.0954. The number of hydrogen-bond donors (Lipinski definition) is 2. The molecular weight excluding hydrogens is 454 g/mol. The van der Waals surface area contributed by atoms with Crippen molar-refractivity contribution in [2.45, 2.75) is 13.1 Å². The van der Waals surface area contributed by atoms with Gasteiger partial charge >= 0.3 is 0 Å². The third-order valence-corrected chi connectivity index (χ3v) is 7.22. The van der Waals surface area contributed by atoms with Crippen LogP contribution in [0, 0.1) is 0 Å². The molecule has 6 nitrogen and oxygen atoms in total. The SMILES string of the molecule is O=C(NCCNc1nsc2ccccc12)c1cccc(CN2CCN(Cc3ccccc3)CC2)c1. The summed E-state index contributed by atoms with van der Waals surface area (Å²) < 4.78 is 5.63. The Hall–Kier alpha value is -3.26. The number of nitrogens with one attached hydrogen (secondary N) is 2. The van der Waals surface area contributed by atoms with Crippen LogP contribution in [0.15, 0.2) is 78.9 Å². The minimum absolute atomic E-state index is 0.0375. The predicted molar refractivity (Wildman–Crippen MR) is 144 cm³/mol. The summed E-state index contributed by atoms with van der Waals surface area (Å²) in [6.07, 6.45) is 0. The van der Waals surface area contributed by atoms with Crippen LogP contribution in [0.2, 0.25) is 0 Å². The van der Waals surface area contributed by atoms with Gasteiger partial charge in [0.15, 0.2) is 0 Å². The molecule has 1 fully saturated rings. The van der Waals surface area contributed by atoms with Crippen LogP contribution in [0.25, 0.3) is 10.1 Å². The zero-order chi connectivity index (χ0) is 23.9. The van der Waals surface area contributed by atoms with E-state index in [9.17, 15) is 4.79 Å². The van der Waals surface area contributed by atoms with Gasteiger partial charge in [-0.05, 0) is 46.9 Å². The molecule has 1 aromatic heterocycles. The molecule has 0 unspecified atom stereocenters. The summed E-state index contributed by atoms with van der Waals surface area (Å²) in [6, 6.07) is 26.8. The maximum absolute atomic E-state index is 12.7. The fourth-order valence-corrected chi connectivity index (χ4v) is 5.24. The van der Waals surface area contributed by atoms with Crippen LogP contribution in [-0.4, -0.2) is 59.3 Å². The van der Waals surface area contributed by atoms with Crippen LogP contribution in [0.4, 0.5) is 5.82 Å². The number of aromatic nitrogens is 1. The average Bonchev–Trinajstić information content (AvgIpc) is 3.31. The summed E-state index contributed by atoms with van der Waals surface area (Å²) in [5.41, 5.74) is 3.26.